The van der Waals surface area contributed by atoms with Crippen molar-refractivity contribution >= 4 is 5.78 Å². The fourth-order valence-electron chi connectivity index (χ4n) is 3.16. The Morgan fingerprint density at radius 2 is 1.79 bits per heavy atom. The molecule has 0 aliphatic rings. The first-order chi connectivity index (χ1) is 13.8. The Balaban J connectivity index is 2.07. The van der Waals surface area contributed by atoms with Crippen molar-refractivity contribution in [1.29, 1.82) is 0 Å². The number of carbonyl (C=O) groups is 1. The molecule has 1 heterocycles. The Labute approximate surface area is 167 Å². The Hall–Kier alpha value is -3.15. The molecule has 0 saturated carbocycles. The number of aryl methyl sites for hydroxylation is 1. The summed E-state index contributed by atoms with van der Waals surface area (Å²) in [4.78, 5) is 16.8. The quantitative estimate of drug-likeness (QED) is 0.478. The first-order valence-electron chi connectivity index (χ1n) is 9.05. The van der Waals surface area contributed by atoms with Gasteiger partial charge < -0.3 is 4.74 Å². The van der Waals surface area contributed by atoms with E-state index in [-0.39, 0.29) is 16.9 Å². The monoisotopic (exact) mass is 399 g/mol. The van der Waals surface area contributed by atoms with E-state index in [0.29, 0.717) is 11.3 Å². The first-order valence-corrected chi connectivity index (χ1v) is 9.05. The highest BCUT2D eigenvalue weighted by atomic mass is 19.4. The molecule has 0 aliphatic heterocycles. The summed E-state index contributed by atoms with van der Waals surface area (Å²) >= 11 is 0. The number of halogens is 3. The molecule has 150 valence electrons. The number of methoxy groups -OCH3 is 1. The van der Waals surface area contributed by atoms with E-state index in [0.717, 1.165) is 5.56 Å². The molecule has 0 bridgehead atoms. The predicted molar refractivity (Wildman–Crippen MR) is 105 cm³/mol. The van der Waals surface area contributed by atoms with Crippen LogP contribution in [0.5, 0.6) is 5.75 Å². The van der Waals surface area contributed by atoms with Crippen molar-refractivity contribution in [2.75, 3.05) is 7.11 Å². The summed E-state index contributed by atoms with van der Waals surface area (Å²) < 4.78 is 47.3. The summed E-state index contributed by atoms with van der Waals surface area (Å²) in [5.74, 6) is -2.26. The SMILES string of the molecule is COc1ccc(-c2ccccn2)c(C(CC(=O)c2ccc(C)cc2)C(F)(F)F)c1. The number of ether oxygens (including phenoxy) is 1. The number of alkyl halides is 3. The van der Waals surface area contributed by atoms with Gasteiger partial charge in [-0.05, 0) is 42.8 Å². The molecule has 0 N–H and O–H groups in total. The molecule has 29 heavy (non-hydrogen) atoms. The lowest BCUT2D eigenvalue weighted by Crippen LogP contribution is -2.24. The van der Waals surface area contributed by atoms with Crippen LogP contribution in [-0.2, 0) is 0 Å². The molecule has 3 aromatic rings. The van der Waals surface area contributed by atoms with Gasteiger partial charge in [-0.2, -0.15) is 13.2 Å². The van der Waals surface area contributed by atoms with Crippen molar-refractivity contribution in [1.82, 2.24) is 4.98 Å². The van der Waals surface area contributed by atoms with Crippen LogP contribution in [-0.4, -0.2) is 24.1 Å². The van der Waals surface area contributed by atoms with Crippen LogP contribution < -0.4 is 4.74 Å². The lowest BCUT2D eigenvalue weighted by Gasteiger charge is -2.23. The third kappa shape index (κ3) is 4.83. The Morgan fingerprint density at radius 3 is 2.38 bits per heavy atom. The van der Waals surface area contributed by atoms with Crippen LogP contribution in [0.3, 0.4) is 0 Å². The Morgan fingerprint density at radius 1 is 1.07 bits per heavy atom. The van der Waals surface area contributed by atoms with Gasteiger partial charge in [0.25, 0.3) is 0 Å². The maximum atomic E-state index is 14.1. The minimum atomic E-state index is -4.61. The van der Waals surface area contributed by atoms with Crippen LogP contribution >= 0.6 is 0 Å². The average Bonchev–Trinajstić information content (AvgIpc) is 2.71. The van der Waals surface area contributed by atoms with Gasteiger partial charge in [-0.25, -0.2) is 0 Å². The fraction of sp³-hybridized carbons (Fsp3) is 0.217. The molecular formula is C23H20F3NO2. The number of benzene rings is 2. The topological polar surface area (TPSA) is 39.2 Å². The number of hydrogen-bond acceptors (Lipinski definition) is 3. The predicted octanol–water partition coefficient (Wildman–Crippen LogP) is 5.98. The first kappa shape index (κ1) is 20.6. The number of Topliss-reactive ketones (excluding diaryl/α,β-unsaturated/α-hetero) is 1. The maximum absolute atomic E-state index is 14.1. The number of ketones is 1. The van der Waals surface area contributed by atoms with Gasteiger partial charge >= 0.3 is 6.18 Å². The lowest BCUT2D eigenvalue weighted by molar-refractivity contribution is -0.149. The molecule has 1 atom stereocenters. The van der Waals surface area contributed by atoms with Crippen LogP contribution in [0, 0.1) is 6.92 Å². The highest BCUT2D eigenvalue weighted by Crippen LogP contribution is 2.43. The zero-order valence-electron chi connectivity index (χ0n) is 16.0. The van der Waals surface area contributed by atoms with Crippen molar-refractivity contribution in [3.8, 4) is 17.0 Å². The third-order valence-corrected chi connectivity index (χ3v) is 4.73. The Bertz CT molecular complexity index is 983. The Kier molecular flexibility index (Phi) is 6.01. The second-order valence-corrected chi connectivity index (χ2v) is 6.76. The number of aromatic nitrogens is 1. The van der Waals surface area contributed by atoms with Gasteiger partial charge in [-0.15, -0.1) is 0 Å². The molecule has 0 amide bonds. The second kappa shape index (κ2) is 8.47. The number of nitrogens with zero attached hydrogens (tertiary/aromatic N) is 1. The molecular weight excluding hydrogens is 379 g/mol. The van der Waals surface area contributed by atoms with Gasteiger partial charge in [0.15, 0.2) is 5.78 Å². The lowest BCUT2D eigenvalue weighted by atomic mass is 9.86. The highest BCUT2D eigenvalue weighted by Gasteiger charge is 2.43. The largest absolute Gasteiger partial charge is 0.497 e. The molecule has 1 aromatic heterocycles. The van der Waals surface area contributed by atoms with E-state index < -0.39 is 24.3 Å². The number of hydrogen-bond donors (Lipinski definition) is 0. The molecule has 2 aromatic carbocycles. The smallest absolute Gasteiger partial charge is 0.396 e. The second-order valence-electron chi connectivity index (χ2n) is 6.76. The highest BCUT2D eigenvalue weighted by molar-refractivity contribution is 5.96. The van der Waals surface area contributed by atoms with Crippen LogP contribution in [0.2, 0.25) is 0 Å². The standard InChI is InChI=1S/C23H20F3NO2/c1-15-6-8-16(9-7-15)22(28)14-20(23(24,25)26)19-13-17(29-2)10-11-18(19)21-5-3-4-12-27-21/h3-13,20H,14H2,1-2H3. The summed E-state index contributed by atoms with van der Waals surface area (Å²) in [7, 11) is 1.39. The molecule has 1 unspecified atom stereocenters. The third-order valence-electron chi connectivity index (χ3n) is 4.73. The fourth-order valence-corrected chi connectivity index (χ4v) is 3.16. The van der Waals surface area contributed by atoms with Crippen LogP contribution in [0.1, 0.15) is 33.8 Å². The summed E-state index contributed by atoms with van der Waals surface area (Å²) in [5.41, 5.74) is 1.88. The van der Waals surface area contributed by atoms with E-state index in [9.17, 15) is 18.0 Å². The van der Waals surface area contributed by atoms with E-state index in [4.69, 9.17) is 4.74 Å². The van der Waals surface area contributed by atoms with Crippen molar-refractivity contribution in [3.05, 3.63) is 83.6 Å². The van der Waals surface area contributed by atoms with Gasteiger partial charge in [0.1, 0.15) is 5.75 Å². The number of rotatable bonds is 6. The van der Waals surface area contributed by atoms with E-state index in [1.165, 1.54) is 19.4 Å². The summed E-state index contributed by atoms with van der Waals surface area (Å²) in [6.07, 6.45) is -3.79. The summed E-state index contributed by atoms with van der Waals surface area (Å²) in [5, 5.41) is 0. The normalized spacial score (nSPS) is 12.4. The minimum absolute atomic E-state index is 0.0315. The van der Waals surface area contributed by atoms with E-state index in [2.05, 4.69) is 4.98 Å². The van der Waals surface area contributed by atoms with Crippen LogP contribution in [0.15, 0.2) is 66.9 Å². The van der Waals surface area contributed by atoms with Crippen LogP contribution in [0.4, 0.5) is 13.2 Å². The molecule has 0 fully saturated rings. The van der Waals surface area contributed by atoms with Gasteiger partial charge in [-0.1, -0.05) is 35.9 Å². The summed E-state index contributed by atoms with van der Waals surface area (Å²) in [6.45, 7) is 1.85. The van der Waals surface area contributed by atoms with E-state index in [1.807, 2.05) is 6.92 Å². The van der Waals surface area contributed by atoms with Crippen molar-refractivity contribution in [2.45, 2.75) is 25.4 Å². The average molecular weight is 399 g/mol. The zero-order chi connectivity index (χ0) is 21.0. The van der Waals surface area contributed by atoms with Crippen molar-refractivity contribution in [3.63, 3.8) is 0 Å². The van der Waals surface area contributed by atoms with Crippen LogP contribution in [0.25, 0.3) is 11.3 Å². The maximum Gasteiger partial charge on any atom is 0.396 e. The van der Waals surface area contributed by atoms with Gasteiger partial charge in [0.05, 0.1) is 18.7 Å². The summed E-state index contributed by atoms with van der Waals surface area (Å²) in [6, 6.07) is 16.0. The zero-order valence-corrected chi connectivity index (χ0v) is 16.0. The molecule has 6 heteroatoms. The molecule has 0 aliphatic carbocycles. The van der Waals surface area contributed by atoms with Crippen molar-refractivity contribution < 1.29 is 22.7 Å². The van der Waals surface area contributed by atoms with Gasteiger partial charge in [-0.3, -0.25) is 9.78 Å². The van der Waals surface area contributed by atoms with Gasteiger partial charge in [0.2, 0.25) is 0 Å². The molecule has 0 spiro atoms. The molecule has 3 nitrogen and oxygen atoms in total. The molecule has 3 rings (SSSR count). The van der Waals surface area contributed by atoms with E-state index >= 15 is 0 Å². The molecule has 0 saturated heterocycles. The minimum Gasteiger partial charge on any atom is -0.497 e. The molecule has 0 radical (unpaired) electrons. The number of pyridine rings is 1. The number of carbonyl (C=O) groups excluding carboxylic acids is 1. The van der Waals surface area contributed by atoms with Gasteiger partial charge in [0, 0.05) is 23.7 Å². The van der Waals surface area contributed by atoms with E-state index in [1.54, 1.807) is 54.6 Å². The van der Waals surface area contributed by atoms with Crippen molar-refractivity contribution in [2.24, 2.45) is 0 Å².